The first-order chi connectivity index (χ1) is 5.41. The summed E-state index contributed by atoms with van der Waals surface area (Å²) >= 11 is 0. The number of hydrogen-bond donors (Lipinski definition) is 0. The van der Waals surface area contributed by atoms with Crippen LogP contribution in [-0.4, -0.2) is 39.0 Å². The summed E-state index contributed by atoms with van der Waals surface area (Å²) in [6.45, 7) is 0. The van der Waals surface area contributed by atoms with Gasteiger partial charge in [-0.25, -0.2) is 0 Å². The number of rotatable bonds is 0. The van der Waals surface area contributed by atoms with Crippen LogP contribution in [0.1, 0.15) is 0 Å². The molecule has 0 amide bonds. The van der Waals surface area contributed by atoms with E-state index in [1.165, 1.54) is 0 Å². The van der Waals surface area contributed by atoms with Crippen LogP contribution in [-0.2, 0) is 9.59 Å². The lowest BCUT2D eigenvalue weighted by Crippen LogP contribution is -1.22. The molecule has 0 heterocycles. The second kappa shape index (κ2) is 377. The second-order valence-electron chi connectivity index (χ2n) is 0.0833. The maximum atomic E-state index is 8.12. The van der Waals surface area contributed by atoms with Gasteiger partial charge in [0.2, 0.25) is 0 Å². The molecule has 0 aliphatic rings. The lowest BCUT2D eigenvalue weighted by atomic mass is 11.8. The van der Waals surface area contributed by atoms with E-state index in [9.17, 15) is 0 Å². The Morgan fingerprint density at radius 2 is 0.412 bits per heavy atom. The smallest absolute Gasteiger partial charge is 0.373 e. The Bertz CT molecular complexity index is 119. The molecule has 0 aromatic heterocycles. The Labute approximate surface area is 93.0 Å². The SMILES string of the molecule is N#N.N#N.N#N.N#N.O.O.O.O.O.O.O=C=O. The number of carbonyl (C=O) groups excluding carboxylic acids is 2. The van der Waals surface area contributed by atoms with E-state index in [0.29, 0.717) is 0 Å². The Morgan fingerprint density at radius 1 is 0.412 bits per heavy atom. The molecule has 0 unspecified atom stereocenters. The molecule has 0 spiro atoms. The highest BCUT2D eigenvalue weighted by atomic mass is 16.2. The van der Waals surface area contributed by atoms with Crippen molar-refractivity contribution >= 4 is 6.15 Å². The van der Waals surface area contributed by atoms with Crippen molar-refractivity contribution < 1.29 is 42.4 Å². The van der Waals surface area contributed by atoms with Gasteiger partial charge in [-0.2, -0.15) is 9.59 Å². The van der Waals surface area contributed by atoms with Crippen molar-refractivity contribution in [3.8, 4) is 0 Å². The molecule has 17 heavy (non-hydrogen) atoms. The van der Waals surface area contributed by atoms with Crippen LogP contribution in [0, 0.1) is 43.1 Å². The quantitative estimate of drug-likeness (QED) is 0.373. The monoisotopic (exact) mass is 264 g/mol. The highest BCUT2D eigenvalue weighted by molar-refractivity contribution is 5.20. The molecule has 16 heteroatoms. The standard InChI is InChI=1S/CO2.4N2.6H2O/c2-1-3;4*1-2;;;;;;/h;;;;;6*1H2. The zero-order chi connectivity index (χ0) is 10.7. The van der Waals surface area contributed by atoms with E-state index < -0.39 is 0 Å². The Hall–Kier alpha value is -3.18. The van der Waals surface area contributed by atoms with Crippen molar-refractivity contribution in [1.82, 2.24) is 0 Å². The molecular weight excluding hydrogens is 252 g/mol. The average Bonchev–Trinajstić information content (AvgIpc) is 2.18. The molecule has 104 valence electrons. The van der Waals surface area contributed by atoms with Gasteiger partial charge >= 0.3 is 6.15 Å². The van der Waals surface area contributed by atoms with Crippen LogP contribution in [0.25, 0.3) is 0 Å². The van der Waals surface area contributed by atoms with Crippen LogP contribution in [0.4, 0.5) is 0 Å². The minimum Gasteiger partial charge on any atom is -0.412 e. The summed E-state index contributed by atoms with van der Waals surface area (Å²) in [5, 5.41) is 48.0. The summed E-state index contributed by atoms with van der Waals surface area (Å²) in [7, 11) is 0. The first kappa shape index (κ1) is 286. The zero-order valence-corrected chi connectivity index (χ0v) is 7.89. The molecule has 0 bridgehead atoms. The first-order valence-electron chi connectivity index (χ1n) is 1.21. The summed E-state index contributed by atoms with van der Waals surface area (Å²) in [5.41, 5.74) is 0. The fraction of sp³-hybridized carbons (Fsp3) is 0. The summed E-state index contributed by atoms with van der Waals surface area (Å²) in [4.78, 5) is 16.2. The molecule has 0 saturated heterocycles. The van der Waals surface area contributed by atoms with Gasteiger partial charge in [-0.1, -0.05) is 0 Å². The van der Waals surface area contributed by atoms with Crippen molar-refractivity contribution in [2.45, 2.75) is 0 Å². The molecule has 16 nitrogen and oxygen atoms in total. The highest BCUT2D eigenvalue weighted by Gasteiger charge is 1.13. The molecule has 0 saturated carbocycles. The van der Waals surface area contributed by atoms with Gasteiger partial charge in [0.15, 0.2) is 0 Å². The molecule has 0 aromatic carbocycles. The molecule has 0 aromatic rings. The molecule has 0 fully saturated rings. The predicted molar refractivity (Wildman–Crippen MR) is 40.5 cm³/mol. The topological polar surface area (TPSA) is 413 Å². The molecule has 0 aliphatic carbocycles. The van der Waals surface area contributed by atoms with Gasteiger partial charge in [0.05, 0.1) is 0 Å². The first-order valence-corrected chi connectivity index (χ1v) is 1.21. The molecule has 12 N–H and O–H groups in total. The third-order valence-corrected chi connectivity index (χ3v) is 0. The maximum Gasteiger partial charge on any atom is 0.373 e. The molecule has 0 rings (SSSR count). The lowest BCUT2D eigenvalue weighted by Gasteiger charge is -0.945. The van der Waals surface area contributed by atoms with Crippen LogP contribution in [0.5, 0.6) is 0 Å². The predicted octanol–water partition coefficient (Wildman–Crippen LogP) is -5.41. The zero-order valence-electron chi connectivity index (χ0n) is 7.89. The van der Waals surface area contributed by atoms with Crippen LogP contribution in [0.2, 0.25) is 0 Å². The summed E-state index contributed by atoms with van der Waals surface area (Å²) in [6.07, 6.45) is 0.250. The van der Waals surface area contributed by atoms with Crippen LogP contribution in [0.3, 0.4) is 0 Å². The molecular formula is CH12N8O8. The minimum atomic E-state index is 0. The van der Waals surface area contributed by atoms with Gasteiger partial charge in [-0.3, -0.25) is 0 Å². The minimum absolute atomic E-state index is 0. The van der Waals surface area contributed by atoms with E-state index in [1.54, 1.807) is 0 Å². The van der Waals surface area contributed by atoms with E-state index in [-0.39, 0.29) is 39.0 Å². The van der Waals surface area contributed by atoms with Crippen molar-refractivity contribution in [3.05, 3.63) is 0 Å². The van der Waals surface area contributed by atoms with Gasteiger partial charge in [0, 0.05) is 43.1 Å². The van der Waals surface area contributed by atoms with Gasteiger partial charge < -0.3 is 32.9 Å². The van der Waals surface area contributed by atoms with E-state index in [2.05, 4.69) is 0 Å². The fourth-order valence-electron chi connectivity index (χ4n) is 0. The van der Waals surface area contributed by atoms with Crippen LogP contribution >= 0.6 is 0 Å². The van der Waals surface area contributed by atoms with Crippen molar-refractivity contribution in [2.75, 3.05) is 0 Å². The third-order valence-electron chi connectivity index (χ3n) is 0. The van der Waals surface area contributed by atoms with E-state index in [4.69, 9.17) is 52.7 Å². The summed E-state index contributed by atoms with van der Waals surface area (Å²) in [5.74, 6) is 0. The van der Waals surface area contributed by atoms with Crippen LogP contribution in [0.15, 0.2) is 0 Å². The van der Waals surface area contributed by atoms with E-state index in [0.717, 1.165) is 0 Å². The van der Waals surface area contributed by atoms with Crippen molar-refractivity contribution in [1.29, 1.82) is 43.1 Å². The van der Waals surface area contributed by atoms with Gasteiger partial charge in [0.1, 0.15) is 0 Å². The summed E-state index contributed by atoms with van der Waals surface area (Å²) in [6, 6.07) is 0. The largest absolute Gasteiger partial charge is 0.412 e. The number of nitrogens with zero attached hydrogens (tertiary/aromatic N) is 8. The van der Waals surface area contributed by atoms with E-state index >= 15 is 0 Å². The van der Waals surface area contributed by atoms with Gasteiger partial charge in [-0.15, -0.1) is 0 Å². The Morgan fingerprint density at radius 3 is 0.412 bits per heavy atom. The van der Waals surface area contributed by atoms with Crippen molar-refractivity contribution in [2.24, 2.45) is 0 Å². The number of hydrogen-bond acceptors (Lipinski definition) is 10. The van der Waals surface area contributed by atoms with Crippen LogP contribution < -0.4 is 0 Å². The summed E-state index contributed by atoms with van der Waals surface area (Å²) < 4.78 is 0. The molecule has 0 radical (unpaired) electrons. The molecule has 0 atom stereocenters. The Balaban J connectivity index is -0.00000000273. The normalized spacial score (nSPS) is 0.941. The second-order valence-corrected chi connectivity index (χ2v) is 0.0833. The Kier molecular flexibility index (Phi) is 6330. The lowest BCUT2D eigenvalue weighted by molar-refractivity contribution is -0.191. The van der Waals surface area contributed by atoms with E-state index in [1.807, 2.05) is 0 Å². The average molecular weight is 264 g/mol. The van der Waals surface area contributed by atoms with Gasteiger partial charge in [-0.05, 0) is 0 Å². The van der Waals surface area contributed by atoms with Gasteiger partial charge in [0.25, 0.3) is 0 Å². The third kappa shape index (κ3) is 148. The highest BCUT2D eigenvalue weighted by Crippen LogP contribution is 0.787. The maximum absolute atomic E-state index is 8.12. The molecule has 0 aliphatic heterocycles. The van der Waals surface area contributed by atoms with Crippen molar-refractivity contribution in [3.63, 3.8) is 0 Å². The fourth-order valence-corrected chi connectivity index (χ4v) is 0.